The van der Waals surface area contributed by atoms with Crippen molar-refractivity contribution in [2.75, 3.05) is 13.1 Å². The number of aliphatic carboxylic acids is 1. The molecule has 0 aliphatic heterocycles. The Morgan fingerprint density at radius 2 is 2.10 bits per heavy atom. The van der Waals surface area contributed by atoms with Crippen molar-refractivity contribution >= 4 is 12.0 Å². The normalized spacial score (nSPS) is 11.2. The fourth-order valence-electron chi connectivity index (χ4n) is 1.96. The van der Waals surface area contributed by atoms with Crippen LogP contribution in [0.5, 0.6) is 0 Å². The van der Waals surface area contributed by atoms with Crippen molar-refractivity contribution in [2.24, 2.45) is 7.05 Å². The Kier molecular flexibility index (Phi) is 5.75. The maximum absolute atomic E-state index is 12.2. The molecule has 1 aromatic rings. The second kappa shape index (κ2) is 7.10. The van der Waals surface area contributed by atoms with E-state index in [1.165, 1.54) is 0 Å². The third-order valence-electron chi connectivity index (χ3n) is 3.05. The van der Waals surface area contributed by atoms with Crippen LogP contribution in [0.1, 0.15) is 32.8 Å². The highest BCUT2D eigenvalue weighted by molar-refractivity contribution is 5.76. The molecule has 1 rings (SSSR count). The molecule has 1 aromatic heterocycles. The van der Waals surface area contributed by atoms with Crippen LogP contribution in [0.15, 0.2) is 12.4 Å². The van der Waals surface area contributed by atoms with Crippen LogP contribution in [0.2, 0.25) is 0 Å². The Balaban J connectivity index is 2.50. The standard InChI is InChI=1S/C14H24N4O3/c1-14(2,3)18(8-6-12(19)20)13(21)15-7-5-11-9-16-17(4)10-11/h9-10H,5-8H2,1-4H3,(H,15,21)(H,19,20). The number of aromatic nitrogens is 2. The first-order chi connectivity index (χ1) is 9.70. The average Bonchev–Trinajstić information content (AvgIpc) is 2.73. The number of rotatable bonds is 6. The average molecular weight is 296 g/mol. The van der Waals surface area contributed by atoms with Gasteiger partial charge in [-0.15, -0.1) is 0 Å². The van der Waals surface area contributed by atoms with Gasteiger partial charge in [-0.2, -0.15) is 5.10 Å². The predicted octanol–water partition coefficient (Wildman–Crippen LogP) is 1.25. The van der Waals surface area contributed by atoms with Gasteiger partial charge in [0.2, 0.25) is 0 Å². The first-order valence-electron chi connectivity index (χ1n) is 6.95. The molecule has 0 saturated heterocycles. The lowest BCUT2D eigenvalue weighted by molar-refractivity contribution is -0.137. The van der Waals surface area contributed by atoms with Gasteiger partial charge in [-0.05, 0) is 32.8 Å². The molecule has 21 heavy (non-hydrogen) atoms. The molecule has 2 amide bonds. The van der Waals surface area contributed by atoms with Crippen molar-refractivity contribution in [3.05, 3.63) is 18.0 Å². The molecule has 0 atom stereocenters. The predicted molar refractivity (Wildman–Crippen MR) is 79.0 cm³/mol. The van der Waals surface area contributed by atoms with Crippen LogP contribution in [0.3, 0.4) is 0 Å². The second-order valence-electron chi connectivity index (χ2n) is 5.97. The minimum Gasteiger partial charge on any atom is -0.481 e. The van der Waals surface area contributed by atoms with Gasteiger partial charge in [0.1, 0.15) is 0 Å². The van der Waals surface area contributed by atoms with Gasteiger partial charge in [0, 0.05) is 31.9 Å². The minimum atomic E-state index is -0.910. The molecule has 7 nitrogen and oxygen atoms in total. The molecule has 7 heteroatoms. The summed E-state index contributed by atoms with van der Waals surface area (Å²) in [7, 11) is 1.84. The fraction of sp³-hybridized carbons (Fsp3) is 0.643. The zero-order valence-electron chi connectivity index (χ0n) is 13.1. The summed E-state index contributed by atoms with van der Waals surface area (Å²) in [4.78, 5) is 24.4. The van der Waals surface area contributed by atoms with Crippen LogP contribution in [0, 0.1) is 0 Å². The fourth-order valence-corrected chi connectivity index (χ4v) is 1.96. The Bertz CT molecular complexity index is 491. The van der Waals surface area contributed by atoms with Crippen molar-refractivity contribution in [3.63, 3.8) is 0 Å². The van der Waals surface area contributed by atoms with Crippen LogP contribution < -0.4 is 5.32 Å². The van der Waals surface area contributed by atoms with Gasteiger partial charge in [0.05, 0.1) is 12.6 Å². The monoisotopic (exact) mass is 296 g/mol. The van der Waals surface area contributed by atoms with Gasteiger partial charge in [0.25, 0.3) is 0 Å². The highest BCUT2D eigenvalue weighted by atomic mass is 16.4. The summed E-state index contributed by atoms with van der Waals surface area (Å²) < 4.78 is 1.71. The molecular formula is C14H24N4O3. The summed E-state index contributed by atoms with van der Waals surface area (Å²) in [5.41, 5.74) is 0.624. The lowest BCUT2D eigenvalue weighted by atomic mass is 10.1. The number of carboxylic acid groups (broad SMARTS) is 1. The molecule has 0 fully saturated rings. The zero-order valence-corrected chi connectivity index (χ0v) is 13.1. The molecule has 0 aliphatic carbocycles. The van der Waals surface area contributed by atoms with E-state index in [-0.39, 0.29) is 19.0 Å². The van der Waals surface area contributed by atoms with Crippen LogP contribution in [-0.2, 0) is 18.3 Å². The molecule has 0 radical (unpaired) electrons. The van der Waals surface area contributed by atoms with Crippen molar-refractivity contribution in [3.8, 4) is 0 Å². The first-order valence-corrected chi connectivity index (χ1v) is 6.95. The van der Waals surface area contributed by atoms with Crippen molar-refractivity contribution in [1.29, 1.82) is 0 Å². The zero-order chi connectivity index (χ0) is 16.0. The quantitative estimate of drug-likeness (QED) is 0.827. The van der Waals surface area contributed by atoms with E-state index < -0.39 is 11.5 Å². The van der Waals surface area contributed by atoms with Crippen LogP contribution in [0.4, 0.5) is 4.79 Å². The third kappa shape index (κ3) is 5.85. The van der Waals surface area contributed by atoms with Gasteiger partial charge < -0.3 is 15.3 Å². The largest absolute Gasteiger partial charge is 0.481 e. The number of hydrogen-bond donors (Lipinski definition) is 2. The summed E-state index contributed by atoms with van der Waals surface area (Å²) in [6.45, 7) is 6.34. The van der Waals surface area contributed by atoms with E-state index in [1.54, 1.807) is 15.8 Å². The summed E-state index contributed by atoms with van der Waals surface area (Å²) >= 11 is 0. The first kappa shape index (κ1) is 17.0. The number of nitrogens with one attached hydrogen (secondary N) is 1. The highest BCUT2D eigenvalue weighted by Gasteiger charge is 2.26. The lowest BCUT2D eigenvalue weighted by Crippen LogP contribution is -2.51. The van der Waals surface area contributed by atoms with E-state index >= 15 is 0 Å². The molecular weight excluding hydrogens is 272 g/mol. The molecule has 2 N–H and O–H groups in total. The van der Waals surface area contributed by atoms with E-state index in [2.05, 4.69) is 10.4 Å². The van der Waals surface area contributed by atoms with E-state index in [1.807, 2.05) is 34.0 Å². The molecule has 118 valence electrons. The van der Waals surface area contributed by atoms with Gasteiger partial charge in [-0.3, -0.25) is 9.48 Å². The topological polar surface area (TPSA) is 87.5 Å². The van der Waals surface area contributed by atoms with E-state index in [4.69, 9.17) is 5.11 Å². The van der Waals surface area contributed by atoms with Gasteiger partial charge in [-0.25, -0.2) is 4.79 Å². The maximum Gasteiger partial charge on any atom is 0.317 e. The van der Waals surface area contributed by atoms with Crippen molar-refractivity contribution in [1.82, 2.24) is 20.0 Å². The smallest absolute Gasteiger partial charge is 0.317 e. The number of aryl methyl sites for hydroxylation is 1. The Labute approximate surface area is 124 Å². The molecule has 0 aliphatic rings. The number of amides is 2. The number of carboxylic acids is 1. The summed E-state index contributed by atoms with van der Waals surface area (Å²) in [6.07, 6.45) is 4.29. The molecule has 0 aromatic carbocycles. The number of hydrogen-bond acceptors (Lipinski definition) is 3. The maximum atomic E-state index is 12.2. The molecule has 0 spiro atoms. The molecule has 0 saturated carbocycles. The van der Waals surface area contributed by atoms with Crippen molar-refractivity contribution in [2.45, 2.75) is 39.2 Å². The van der Waals surface area contributed by atoms with Crippen LogP contribution >= 0.6 is 0 Å². The Hall–Kier alpha value is -2.05. The summed E-state index contributed by atoms with van der Waals surface area (Å²) in [5.74, 6) is -0.910. The van der Waals surface area contributed by atoms with Crippen molar-refractivity contribution < 1.29 is 14.7 Å². The number of carbonyl (C=O) groups is 2. The Morgan fingerprint density at radius 3 is 2.57 bits per heavy atom. The molecule has 0 unspecified atom stereocenters. The van der Waals surface area contributed by atoms with Crippen LogP contribution in [-0.4, -0.2) is 50.4 Å². The molecule has 1 heterocycles. The second-order valence-corrected chi connectivity index (χ2v) is 5.97. The van der Waals surface area contributed by atoms with E-state index in [0.29, 0.717) is 13.0 Å². The molecule has 0 bridgehead atoms. The Morgan fingerprint density at radius 1 is 1.43 bits per heavy atom. The number of carbonyl (C=O) groups excluding carboxylic acids is 1. The van der Waals surface area contributed by atoms with E-state index in [9.17, 15) is 9.59 Å². The number of nitrogens with zero attached hydrogens (tertiary/aromatic N) is 3. The van der Waals surface area contributed by atoms with Gasteiger partial charge in [-0.1, -0.05) is 0 Å². The SMILES string of the molecule is Cn1cc(CCNC(=O)N(CCC(=O)O)C(C)(C)C)cn1. The number of urea groups is 1. The lowest BCUT2D eigenvalue weighted by Gasteiger charge is -2.35. The summed E-state index contributed by atoms with van der Waals surface area (Å²) in [5, 5.41) is 15.7. The third-order valence-corrected chi connectivity index (χ3v) is 3.05. The van der Waals surface area contributed by atoms with E-state index in [0.717, 1.165) is 5.56 Å². The highest BCUT2D eigenvalue weighted by Crippen LogP contribution is 2.13. The van der Waals surface area contributed by atoms with Crippen LogP contribution in [0.25, 0.3) is 0 Å². The van der Waals surface area contributed by atoms with Gasteiger partial charge >= 0.3 is 12.0 Å². The van der Waals surface area contributed by atoms with Gasteiger partial charge in [0.15, 0.2) is 0 Å². The summed E-state index contributed by atoms with van der Waals surface area (Å²) in [6, 6.07) is -0.243. The minimum absolute atomic E-state index is 0.0622.